The average molecular weight is 188 g/mol. The molecule has 2 atom stereocenters. The fourth-order valence-electron chi connectivity index (χ4n) is 0.198. The second kappa shape index (κ2) is 5.80. The van der Waals surface area contributed by atoms with Gasteiger partial charge in [0.1, 0.15) is 6.61 Å². The van der Waals surface area contributed by atoms with Crippen LogP contribution in [0.2, 0.25) is 0 Å². The number of rotatable bonds is 5. The van der Waals surface area contributed by atoms with Gasteiger partial charge in [-0.3, -0.25) is 0 Å². The van der Waals surface area contributed by atoms with Crippen molar-refractivity contribution in [2.45, 2.75) is 6.92 Å². The fourth-order valence-corrected chi connectivity index (χ4v) is 1.15. The van der Waals surface area contributed by atoms with Crippen LogP contribution in [0.15, 0.2) is 0 Å². The minimum absolute atomic E-state index is 0.170. The Balaban J connectivity index is 3.47. The molecular formula is C2H6O6P2+2. The van der Waals surface area contributed by atoms with Crippen LogP contribution in [0.1, 0.15) is 6.92 Å². The highest BCUT2D eigenvalue weighted by Gasteiger charge is 2.39. The minimum Gasteiger partial charge on any atom is -0.202 e. The van der Waals surface area contributed by atoms with E-state index in [4.69, 9.17) is 5.26 Å². The van der Waals surface area contributed by atoms with Crippen LogP contribution in [0.3, 0.4) is 0 Å². The molecule has 0 radical (unpaired) electrons. The molecule has 0 aromatic heterocycles. The molecule has 0 aliphatic carbocycles. The first-order chi connectivity index (χ1) is 4.70. The van der Waals surface area contributed by atoms with Crippen molar-refractivity contribution >= 4 is 16.5 Å². The van der Waals surface area contributed by atoms with Crippen molar-refractivity contribution in [2.75, 3.05) is 6.61 Å². The topological polar surface area (TPSA) is 82.1 Å². The third kappa shape index (κ3) is 4.88. The Morgan fingerprint density at radius 3 is 2.40 bits per heavy atom. The molecule has 0 spiro atoms. The minimum atomic E-state index is -2.73. The van der Waals surface area contributed by atoms with E-state index < -0.39 is 16.5 Å². The van der Waals surface area contributed by atoms with Crippen molar-refractivity contribution in [2.24, 2.45) is 0 Å². The SMILES string of the molecule is CCO[P+](=O)O[P+](=O)OO. The summed E-state index contributed by atoms with van der Waals surface area (Å²) >= 11 is 0. The Hall–Kier alpha value is 0.0400. The normalized spacial score (nSPS) is 13.0. The lowest BCUT2D eigenvalue weighted by atomic mass is 10.9. The van der Waals surface area contributed by atoms with E-state index in [0.717, 1.165) is 0 Å². The van der Waals surface area contributed by atoms with Crippen LogP contribution in [0.4, 0.5) is 0 Å². The summed E-state index contributed by atoms with van der Waals surface area (Å²) in [5.41, 5.74) is 0. The second-order valence-corrected chi connectivity index (χ2v) is 3.00. The van der Waals surface area contributed by atoms with Crippen molar-refractivity contribution in [1.29, 1.82) is 0 Å². The van der Waals surface area contributed by atoms with E-state index in [-0.39, 0.29) is 6.61 Å². The van der Waals surface area contributed by atoms with Crippen LogP contribution in [-0.4, -0.2) is 11.9 Å². The average Bonchev–Trinajstić information content (AvgIpc) is 1.88. The third-order valence-electron chi connectivity index (χ3n) is 0.435. The molecule has 0 heterocycles. The fraction of sp³-hybridized carbons (Fsp3) is 1.00. The highest BCUT2D eigenvalue weighted by atomic mass is 31.2. The highest BCUT2D eigenvalue weighted by molar-refractivity contribution is 7.47. The maximum atomic E-state index is 10.3. The van der Waals surface area contributed by atoms with Crippen LogP contribution in [0.5, 0.6) is 0 Å². The van der Waals surface area contributed by atoms with Crippen LogP contribution in [0.25, 0.3) is 0 Å². The Morgan fingerprint density at radius 1 is 1.40 bits per heavy atom. The molecule has 0 saturated heterocycles. The van der Waals surface area contributed by atoms with E-state index in [1.807, 2.05) is 0 Å². The van der Waals surface area contributed by atoms with Gasteiger partial charge in [0, 0.05) is 9.13 Å². The molecule has 0 aliphatic heterocycles. The van der Waals surface area contributed by atoms with Crippen molar-refractivity contribution in [3.63, 3.8) is 0 Å². The molecule has 0 bridgehead atoms. The first-order valence-electron chi connectivity index (χ1n) is 2.27. The lowest BCUT2D eigenvalue weighted by Crippen LogP contribution is -1.78. The van der Waals surface area contributed by atoms with Crippen molar-refractivity contribution < 1.29 is 27.9 Å². The van der Waals surface area contributed by atoms with E-state index >= 15 is 0 Å². The molecule has 8 heteroatoms. The molecule has 0 rings (SSSR count). The van der Waals surface area contributed by atoms with Crippen molar-refractivity contribution in [1.82, 2.24) is 0 Å². The van der Waals surface area contributed by atoms with Crippen molar-refractivity contribution in [3.8, 4) is 0 Å². The van der Waals surface area contributed by atoms with Crippen LogP contribution >= 0.6 is 16.5 Å². The Morgan fingerprint density at radius 2 is 2.00 bits per heavy atom. The summed E-state index contributed by atoms with van der Waals surface area (Å²) in [4.78, 5) is 0. The summed E-state index contributed by atoms with van der Waals surface area (Å²) in [6.07, 6.45) is 0. The van der Waals surface area contributed by atoms with Gasteiger partial charge in [0.15, 0.2) is 4.31 Å². The molecule has 10 heavy (non-hydrogen) atoms. The van der Waals surface area contributed by atoms with Gasteiger partial charge >= 0.3 is 16.5 Å². The predicted octanol–water partition coefficient (Wildman–Crippen LogP) is 1.84. The quantitative estimate of drug-likeness (QED) is 0.402. The van der Waals surface area contributed by atoms with Gasteiger partial charge in [-0.25, -0.2) is 5.26 Å². The van der Waals surface area contributed by atoms with Crippen LogP contribution < -0.4 is 0 Å². The second-order valence-electron chi connectivity index (χ2n) is 1.03. The highest BCUT2D eigenvalue weighted by Crippen LogP contribution is 2.38. The molecule has 0 aliphatic rings. The van der Waals surface area contributed by atoms with Gasteiger partial charge in [0.2, 0.25) is 0 Å². The summed E-state index contributed by atoms with van der Waals surface area (Å²) in [5.74, 6) is 0. The predicted molar refractivity (Wildman–Crippen MR) is 31.6 cm³/mol. The van der Waals surface area contributed by atoms with Crippen LogP contribution in [0, 0.1) is 0 Å². The maximum Gasteiger partial charge on any atom is 0.778 e. The zero-order chi connectivity index (χ0) is 7.98. The zero-order valence-electron chi connectivity index (χ0n) is 5.09. The molecule has 58 valence electrons. The molecule has 0 aromatic carbocycles. The molecule has 2 unspecified atom stereocenters. The van der Waals surface area contributed by atoms with Gasteiger partial charge in [-0.15, -0.1) is 4.52 Å². The summed E-state index contributed by atoms with van der Waals surface area (Å²) in [6, 6.07) is 0. The zero-order valence-corrected chi connectivity index (χ0v) is 6.88. The van der Waals surface area contributed by atoms with Gasteiger partial charge < -0.3 is 0 Å². The lowest BCUT2D eigenvalue weighted by Gasteiger charge is -1.71. The summed E-state index contributed by atoms with van der Waals surface area (Å²) in [6.45, 7) is 1.76. The van der Waals surface area contributed by atoms with E-state index in [1.54, 1.807) is 6.92 Å². The lowest BCUT2D eigenvalue weighted by molar-refractivity contribution is -0.137. The molecule has 0 amide bonds. The molecule has 0 aromatic rings. The largest absolute Gasteiger partial charge is 0.778 e. The van der Waals surface area contributed by atoms with Crippen molar-refractivity contribution in [3.05, 3.63) is 0 Å². The summed E-state index contributed by atoms with van der Waals surface area (Å²) in [5, 5.41) is 7.66. The third-order valence-corrected chi connectivity index (χ3v) is 2.10. The molecule has 0 saturated carbocycles. The Bertz CT molecular complexity index is 134. The van der Waals surface area contributed by atoms with Gasteiger partial charge in [0.05, 0.1) is 4.67 Å². The van der Waals surface area contributed by atoms with Gasteiger partial charge in [-0.05, 0) is 6.92 Å². The summed E-state index contributed by atoms with van der Waals surface area (Å²) < 4.78 is 31.9. The monoisotopic (exact) mass is 188 g/mol. The molecule has 0 fully saturated rings. The van der Waals surface area contributed by atoms with Gasteiger partial charge in [-0.2, -0.15) is 0 Å². The van der Waals surface area contributed by atoms with Gasteiger partial charge in [-0.1, -0.05) is 0 Å². The number of hydrogen-bond donors (Lipinski definition) is 1. The maximum absolute atomic E-state index is 10.3. The number of hydrogen-bond acceptors (Lipinski definition) is 6. The molecule has 1 N–H and O–H groups in total. The van der Waals surface area contributed by atoms with E-state index in [9.17, 15) is 9.13 Å². The Kier molecular flexibility index (Phi) is 5.82. The van der Waals surface area contributed by atoms with E-state index in [0.29, 0.717) is 0 Å². The van der Waals surface area contributed by atoms with E-state index in [2.05, 4.69) is 13.5 Å². The Labute approximate surface area is 58.9 Å². The molecule has 6 nitrogen and oxygen atoms in total. The van der Waals surface area contributed by atoms with Crippen LogP contribution in [-0.2, 0) is 22.6 Å². The standard InChI is InChI=1S/C2H5O6P2/c1-2-6-9(4)8-10(5)7-3/h2H2,1H3/q+1/p+1. The first-order valence-corrected chi connectivity index (χ1v) is 4.46. The first kappa shape index (κ1) is 10.0. The molecular weight excluding hydrogens is 182 g/mol. The van der Waals surface area contributed by atoms with E-state index in [1.165, 1.54) is 0 Å². The smallest absolute Gasteiger partial charge is 0.202 e. The summed E-state index contributed by atoms with van der Waals surface area (Å²) in [7, 11) is -5.18. The van der Waals surface area contributed by atoms with Gasteiger partial charge in [0.25, 0.3) is 0 Å².